The molecule has 1 rings (SSSR count). The quantitative estimate of drug-likeness (QED) is 0.769. The minimum absolute atomic E-state index is 0.00935. The molecule has 0 heterocycles. The molecule has 0 bridgehead atoms. The van der Waals surface area contributed by atoms with Crippen LogP contribution in [0.25, 0.3) is 0 Å². The monoisotopic (exact) mass is 343 g/mol. The van der Waals surface area contributed by atoms with Crippen molar-refractivity contribution in [3.8, 4) is 5.75 Å². The van der Waals surface area contributed by atoms with Crippen LogP contribution >= 0.6 is 15.9 Å². The van der Waals surface area contributed by atoms with Crippen molar-refractivity contribution >= 4 is 31.6 Å². The fraction of sp³-hybridized carbons (Fsp3) is 0.400. The van der Waals surface area contributed by atoms with Gasteiger partial charge in [-0.1, -0.05) is 15.9 Å². The van der Waals surface area contributed by atoms with Gasteiger partial charge >= 0.3 is 0 Å². The zero-order valence-corrected chi connectivity index (χ0v) is 12.2. The van der Waals surface area contributed by atoms with Gasteiger partial charge in [0.1, 0.15) is 11.4 Å². The number of hydrogen-bond donors (Lipinski definition) is 0. The van der Waals surface area contributed by atoms with Crippen molar-refractivity contribution in [3.63, 3.8) is 0 Å². The first-order valence-electron chi connectivity index (χ1n) is 4.89. The van der Waals surface area contributed by atoms with Gasteiger partial charge in [0.15, 0.2) is 11.6 Å². The van der Waals surface area contributed by atoms with Crippen molar-refractivity contribution in [2.75, 3.05) is 29.5 Å². The second-order valence-electron chi connectivity index (χ2n) is 3.50. The van der Waals surface area contributed by atoms with E-state index in [4.69, 9.17) is 4.74 Å². The number of sulfonamides is 1. The highest BCUT2D eigenvalue weighted by Crippen LogP contribution is 2.28. The molecule has 0 unspecified atom stereocenters. The molecule has 0 aliphatic rings. The van der Waals surface area contributed by atoms with Crippen molar-refractivity contribution < 1.29 is 21.9 Å². The molecule has 0 aromatic heterocycles. The molecule has 18 heavy (non-hydrogen) atoms. The standard InChI is InChI=1S/C10H12BrF2NO3S/c1-14(18(2,15)16)10-8(12)5-7(6-9(10)13)17-4-3-11/h5-6H,3-4H2,1-2H3. The number of ether oxygens (including phenoxy) is 1. The van der Waals surface area contributed by atoms with E-state index in [9.17, 15) is 17.2 Å². The van der Waals surface area contributed by atoms with E-state index in [1.165, 1.54) is 0 Å². The van der Waals surface area contributed by atoms with E-state index in [2.05, 4.69) is 15.9 Å². The van der Waals surface area contributed by atoms with Crippen LogP contribution in [0.4, 0.5) is 14.5 Å². The van der Waals surface area contributed by atoms with Crippen LogP contribution in [0.3, 0.4) is 0 Å². The lowest BCUT2D eigenvalue weighted by Crippen LogP contribution is -2.26. The summed E-state index contributed by atoms with van der Waals surface area (Å²) in [6.07, 6.45) is 0.862. The smallest absolute Gasteiger partial charge is 0.232 e. The molecule has 1 aromatic rings. The van der Waals surface area contributed by atoms with Crippen molar-refractivity contribution in [3.05, 3.63) is 23.8 Å². The Kier molecular flexibility index (Phi) is 4.92. The van der Waals surface area contributed by atoms with E-state index in [1.807, 2.05) is 0 Å². The summed E-state index contributed by atoms with van der Waals surface area (Å²) in [6, 6.07) is 1.89. The maximum Gasteiger partial charge on any atom is 0.232 e. The lowest BCUT2D eigenvalue weighted by Gasteiger charge is -2.18. The zero-order valence-electron chi connectivity index (χ0n) is 9.78. The number of hydrogen-bond acceptors (Lipinski definition) is 3. The van der Waals surface area contributed by atoms with Gasteiger partial charge in [-0.15, -0.1) is 0 Å². The van der Waals surface area contributed by atoms with Crippen LogP contribution in [0.5, 0.6) is 5.75 Å². The van der Waals surface area contributed by atoms with Gasteiger partial charge in [-0.05, 0) is 0 Å². The second kappa shape index (κ2) is 5.83. The fourth-order valence-electron chi connectivity index (χ4n) is 1.25. The highest BCUT2D eigenvalue weighted by atomic mass is 79.9. The van der Waals surface area contributed by atoms with Gasteiger partial charge in [-0.2, -0.15) is 0 Å². The molecule has 0 fully saturated rings. The molecule has 0 radical (unpaired) electrons. The Morgan fingerprint density at radius 2 is 1.83 bits per heavy atom. The molecule has 0 atom stereocenters. The summed E-state index contributed by atoms with van der Waals surface area (Å²) < 4.78 is 55.4. The zero-order chi connectivity index (χ0) is 13.9. The average molecular weight is 344 g/mol. The Morgan fingerprint density at radius 1 is 1.33 bits per heavy atom. The first-order valence-corrected chi connectivity index (χ1v) is 7.86. The van der Waals surface area contributed by atoms with Gasteiger partial charge in [-0.3, -0.25) is 4.31 Å². The lowest BCUT2D eigenvalue weighted by molar-refractivity contribution is 0.340. The predicted molar refractivity (Wildman–Crippen MR) is 68.9 cm³/mol. The molecule has 0 saturated carbocycles. The van der Waals surface area contributed by atoms with Crippen LogP contribution in [0, 0.1) is 11.6 Å². The Labute approximate surface area is 113 Å². The largest absolute Gasteiger partial charge is 0.493 e. The highest BCUT2D eigenvalue weighted by molar-refractivity contribution is 9.09. The van der Waals surface area contributed by atoms with Crippen LogP contribution < -0.4 is 9.04 Å². The summed E-state index contributed by atoms with van der Waals surface area (Å²) in [5, 5.41) is 0.515. The third kappa shape index (κ3) is 3.55. The molecular weight excluding hydrogens is 332 g/mol. The minimum Gasteiger partial charge on any atom is -0.493 e. The van der Waals surface area contributed by atoms with E-state index in [0.29, 0.717) is 9.64 Å². The SMILES string of the molecule is CN(c1c(F)cc(OCCBr)cc1F)S(C)(=O)=O. The van der Waals surface area contributed by atoms with E-state index in [0.717, 1.165) is 25.4 Å². The molecule has 0 amide bonds. The average Bonchev–Trinajstić information content (AvgIpc) is 2.24. The Hall–Kier alpha value is -0.890. The van der Waals surface area contributed by atoms with E-state index in [-0.39, 0.29) is 12.4 Å². The third-order valence-electron chi connectivity index (χ3n) is 2.15. The Bertz CT molecular complexity index is 513. The van der Waals surface area contributed by atoms with Gasteiger partial charge in [0.25, 0.3) is 0 Å². The lowest BCUT2D eigenvalue weighted by atomic mass is 10.2. The molecule has 8 heteroatoms. The molecule has 0 N–H and O–H groups in total. The topological polar surface area (TPSA) is 46.6 Å². The maximum atomic E-state index is 13.7. The number of halogens is 3. The highest BCUT2D eigenvalue weighted by Gasteiger charge is 2.21. The van der Waals surface area contributed by atoms with Crippen molar-refractivity contribution in [2.24, 2.45) is 0 Å². The summed E-state index contributed by atoms with van der Waals surface area (Å²) in [4.78, 5) is 0. The summed E-state index contributed by atoms with van der Waals surface area (Å²) in [5.74, 6) is -1.98. The van der Waals surface area contributed by atoms with Crippen LogP contribution in [-0.4, -0.2) is 33.7 Å². The van der Waals surface area contributed by atoms with Crippen molar-refractivity contribution in [1.82, 2.24) is 0 Å². The summed E-state index contributed by atoms with van der Waals surface area (Å²) in [7, 11) is -2.65. The minimum atomic E-state index is -3.73. The van der Waals surface area contributed by atoms with E-state index < -0.39 is 27.3 Å². The number of anilines is 1. The predicted octanol–water partition coefficient (Wildman–Crippen LogP) is 2.13. The van der Waals surface area contributed by atoms with Crippen LogP contribution in [0.1, 0.15) is 0 Å². The van der Waals surface area contributed by atoms with Gasteiger partial charge in [0.05, 0.1) is 12.9 Å². The Morgan fingerprint density at radius 3 is 2.22 bits per heavy atom. The molecule has 0 aliphatic carbocycles. The maximum absolute atomic E-state index is 13.7. The van der Waals surface area contributed by atoms with Gasteiger partial charge < -0.3 is 4.74 Å². The summed E-state index contributed by atoms with van der Waals surface area (Å²) in [5.41, 5.74) is -0.622. The van der Waals surface area contributed by atoms with E-state index in [1.54, 1.807) is 0 Å². The van der Waals surface area contributed by atoms with Gasteiger partial charge in [0, 0.05) is 24.5 Å². The molecule has 0 aliphatic heterocycles. The first kappa shape index (κ1) is 15.2. The molecule has 0 saturated heterocycles. The van der Waals surface area contributed by atoms with Gasteiger partial charge in [-0.25, -0.2) is 17.2 Å². The number of alkyl halides is 1. The molecular formula is C10H12BrF2NO3S. The molecule has 1 aromatic carbocycles. The summed E-state index contributed by atoms with van der Waals surface area (Å²) >= 11 is 3.11. The van der Waals surface area contributed by atoms with Crippen LogP contribution in [-0.2, 0) is 10.0 Å². The van der Waals surface area contributed by atoms with Gasteiger partial charge in [0.2, 0.25) is 10.0 Å². The number of benzene rings is 1. The molecule has 4 nitrogen and oxygen atoms in total. The first-order chi connectivity index (χ1) is 8.27. The third-order valence-corrected chi connectivity index (χ3v) is 3.65. The number of nitrogens with zero attached hydrogens (tertiary/aromatic N) is 1. The number of rotatable bonds is 5. The summed E-state index contributed by atoms with van der Waals surface area (Å²) in [6.45, 7) is 0.250. The van der Waals surface area contributed by atoms with Crippen LogP contribution in [0.2, 0.25) is 0 Å². The van der Waals surface area contributed by atoms with Crippen LogP contribution in [0.15, 0.2) is 12.1 Å². The van der Waals surface area contributed by atoms with Crippen molar-refractivity contribution in [1.29, 1.82) is 0 Å². The van der Waals surface area contributed by atoms with Crippen molar-refractivity contribution in [2.45, 2.75) is 0 Å². The normalized spacial score (nSPS) is 11.4. The molecule has 102 valence electrons. The fourth-order valence-corrected chi connectivity index (χ4v) is 1.92. The Balaban J connectivity index is 3.16. The molecule has 0 spiro atoms. The van der Waals surface area contributed by atoms with E-state index >= 15 is 0 Å². The second-order valence-corrected chi connectivity index (χ2v) is 6.31.